The quantitative estimate of drug-likeness (QED) is 0.763. The number of amides is 1. The van der Waals surface area contributed by atoms with Gasteiger partial charge in [0, 0.05) is 44.5 Å². The number of carbonyl (C=O) groups is 1. The molecule has 0 aliphatic carbocycles. The zero-order valence-corrected chi connectivity index (χ0v) is 11.0. The van der Waals surface area contributed by atoms with Crippen molar-refractivity contribution in [3.05, 3.63) is 24.3 Å². The molecule has 1 fully saturated rings. The normalized spacial score (nSPS) is 17.5. The van der Waals surface area contributed by atoms with E-state index >= 15 is 0 Å². The van der Waals surface area contributed by atoms with Crippen LogP contribution >= 0.6 is 11.6 Å². The second-order valence-electron chi connectivity index (χ2n) is 4.30. The third-order valence-corrected chi connectivity index (χ3v) is 3.25. The van der Waals surface area contributed by atoms with Crippen LogP contribution in [0.2, 0.25) is 0 Å². The predicted molar refractivity (Wildman–Crippen MR) is 69.7 cm³/mol. The van der Waals surface area contributed by atoms with Crippen molar-refractivity contribution in [2.75, 3.05) is 38.6 Å². The van der Waals surface area contributed by atoms with Crippen molar-refractivity contribution in [3.8, 4) is 0 Å². The molecule has 0 aromatic carbocycles. The van der Waals surface area contributed by atoms with Crippen LogP contribution in [0.1, 0.15) is 16.8 Å². The van der Waals surface area contributed by atoms with Crippen LogP contribution in [0.3, 0.4) is 0 Å². The molecule has 6 heteroatoms. The summed E-state index contributed by atoms with van der Waals surface area (Å²) in [6.07, 6.45) is 5.55. The lowest BCUT2D eigenvalue weighted by Gasteiger charge is -2.21. The molecule has 1 saturated heterocycles. The van der Waals surface area contributed by atoms with Gasteiger partial charge in [-0.15, -0.1) is 11.6 Å². The first-order chi connectivity index (χ1) is 8.81. The van der Waals surface area contributed by atoms with E-state index in [1.54, 1.807) is 12.4 Å². The molecule has 2 heterocycles. The average Bonchev–Trinajstić information content (AvgIpc) is 2.65. The SMILES string of the molecule is O=C(c1cncnc1)N1CCCN(CCCl)CC1. The minimum Gasteiger partial charge on any atom is -0.337 e. The number of hydrogen-bond donors (Lipinski definition) is 0. The Labute approximate surface area is 112 Å². The van der Waals surface area contributed by atoms with Crippen LogP contribution in [0.25, 0.3) is 0 Å². The monoisotopic (exact) mass is 268 g/mol. The lowest BCUT2D eigenvalue weighted by Crippen LogP contribution is -2.35. The maximum Gasteiger partial charge on any atom is 0.257 e. The Bertz CT molecular complexity index is 387. The first kappa shape index (κ1) is 13.2. The summed E-state index contributed by atoms with van der Waals surface area (Å²) >= 11 is 5.74. The Balaban J connectivity index is 1.96. The van der Waals surface area contributed by atoms with Crippen LogP contribution < -0.4 is 0 Å². The molecular formula is C12H17ClN4O. The molecule has 98 valence electrons. The van der Waals surface area contributed by atoms with Crippen LogP contribution in [-0.2, 0) is 0 Å². The Morgan fingerprint density at radius 2 is 2.00 bits per heavy atom. The fourth-order valence-electron chi connectivity index (χ4n) is 2.11. The number of alkyl halides is 1. The van der Waals surface area contributed by atoms with Gasteiger partial charge in [-0.25, -0.2) is 9.97 Å². The van der Waals surface area contributed by atoms with Crippen LogP contribution in [-0.4, -0.2) is 64.3 Å². The molecule has 5 nitrogen and oxygen atoms in total. The van der Waals surface area contributed by atoms with Gasteiger partial charge in [0.2, 0.25) is 0 Å². The first-order valence-corrected chi connectivity index (χ1v) is 6.67. The van der Waals surface area contributed by atoms with E-state index in [9.17, 15) is 4.79 Å². The van der Waals surface area contributed by atoms with Crippen molar-refractivity contribution in [2.24, 2.45) is 0 Å². The van der Waals surface area contributed by atoms with Crippen molar-refractivity contribution in [1.82, 2.24) is 19.8 Å². The molecule has 0 saturated carbocycles. The van der Waals surface area contributed by atoms with Crippen molar-refractivity contribution < 1.29 is 4.79 Å². The second kappa shape index (κ2) is 6.66. The molecular weight excluding hydrogens is 252 g/mol. The van der Waals surface area contributed by atoms with Gasteiger partial charge in [-0.3, -0.25) is 4.79 Å². The highest BCUT2D eigenvalue weighted by atomic mass is 35.5. The topological polar surface area (TPSA) is 49.3 Å². The maximum atomic E-state index is 12.2. The van der Waals surface area contributed by atoms with Crippen LogP contribution in [0.4, 0.5) is 0 Å². The third kappa shape index (κ3) is 3.40. The lowest BCUT2D eigenvalue weighted by atomic mass is 10.3. The Morgan fingerprint density at radius 3 is 2.72 bits per heavy atom. The molecule has 1 aliphatic heterocycles. The largest absolute Gasteiger partial charge is 0.337 e. The molecule has 0 unspecified atom stereocenters. The third-order valence-electron chi connectivity index (χ3n) is 3.08. The summed E-state index contributed by atoms with van der Waals surface area (Å²) in [7, 11) is 0. The Hall–Kier alpha value is -1.20. The van der Waals surface area contributed by atoms with Crippen LogP contribution in [0.5, 0.6) is 0 Å². The van der Waals surface area contributed by atoms with Crippen molar-refractivity contribution in [1.29, 1.82) is 0 Å². The van der Waals surface area contributed by atoms with Gasteiger partial charge in [0.15, 0.2) is 0 Å². The molecule has 18 heavy (non-hydrogen) atoms. The molecule has 0 radical (unpaired) electrons. The summed E-state index contributed by atoms with van der Waals surface area (Å²) in [5.41, 5.74) is 0.559. The Kier molecular flexibility index (Phi) is 4.90. The molecule has 1 aromatic rings. The van der Waals surface area contributed by atoms with Crippen LogP contribution in [0, 0.1) is 0 Å². The molecule has 1 amide bonds. The van der Waals surface area contributed by atoms with Gasteiger partial charge in [-0.05, 0) is 13.0 Å². The number of rotatable bonds is 3. The summed E-state index contributed by atoms with van der Waals surface area (Å²) in [5.74, 6) is 0.656. The lowest BCUT2D eigenvalue weighted by molar-refractivity contribution is 0.0761. The number of aromatic nitrogens is 2. The second-order valence-corrected chi connectivity index (χ2v) is 4.68. The molecule has 0 bridgehead atoms. The zero-order valence-electron chi connectivity index (χ0n) is 10.3. The standard InChI is InChI=1S/C12H17ClN4O/c13-2-5-16-3-1-4-17(7-6-16)12(18)11-8-14-10-15-9-11/h8-10H,1-7H2. The van der Waals surface area contributed by atoms with Crippen molar-refractivity contribution in [2.45, 2.75) is 6.42 Å². The number of halogens is 1. The fourth-order valence-corrected chi connectivity index (χ4v) is 2.35. The van der Waals surface area contributed by atoms with E-state index in [1.807, 2.05) is 4.90 Å². The van der Waals surface area contributed by atoms with E-state index in [0.717, 1.165) is 39.1 Å². The summed E-state index contributed by atoms with van der Waals surface area (Å²) in [6.45, 7) is 4.29. The summed E-state index contributed by atoms with van der Waals surface area (Å²) in [4.78, 5) is 24.1. The van der Waals surface area contributed by atoms with E-state index in [0.29, 0.717) is 11.4 Å². The predicted octanol–water partition coefficient (Wildman–Crippen LogP) is 0.863. The summed E-state index contributed by atoms with van der Waals surface area (Å²) in [6, 6.07) is 0. The van der Waals surface area contributed by atoms with Gasteiger partial charge in [0.05, 0.1) is 5.56 Å². The number of carbonyl (C=O) groups excluding carboxylic acids is 1. The van der Waals surface area contributed by atoms with Gasteiger partial charge in [0.1, 0.15) is 6.33 Å². The van der Waals surface area contributed by atoms with E-state index < -0.39 is 0 Å². The minimum atomic E-state index is 0.0170. The van der Waals surface area contributed by atoms with Gasteiger partial charge in [-0.2, -0.15) is 0 Å². The van der Waals surface area contributed by atoms with E-state index in [-0.39, 0.29) is 5.91 Å². The minimum absolute atomic E-state index is 0.0170. The van der Waals surface area contributed by atoms with E-state index in [2.05, 4.69) is 14.9 Å². The molecule has 1 aromatic heterocycles. The van der Waals surface area contributed by atoms with E-state index in [1.165, 1.54) is 6.33 Å². The highest BCUT2D eigenvalue weighted by Crippen LogP contribution is 2.07. The number of hydrogen-bond acceptors (Lipinski definition) is 4. The molecule has 0 N–H and O–H groups in total. The molecule has 2 rings (SSSR count). The average molecular weight is 269 g/mol. The van der Waals surface area contributed by atoms with Crippen LogP contribution in [0.15, 0.2) is 18.7 Å². The smallest absolute Gasteiger partial charge is 0.257 e. The molecule has 0 spiro atoms. The fraction of sp³-hybridized carbons (Fsp3) is 0.583. The number of nitrogens with zero attached hydrogens (tertiary/aromatic N) is 4. The van der Waals surface area contributed by atoms with Crippen molar-refractivity contribution >= 4 is 17.5 Å². The highest BCUT2D eigenvalue weighted by Gasteiger charge is 2.20. The van der Waals surface area contributed by atoms with Gasteiger partial charge >= 0.3 is 0 Å². The Morgan fingerprint density at radius 1 is 1.22 bits per heavy atom. The maximum absolute atomic E-state index is 12.2. The molecule has 1 aliphatic rings. The highest BCUT2D eigenvalue weighted by molar-refractivity contribution is 6.18. The first-order valence-electron chi connectivity index (χ1n) is 6.14. The van der Waals surface area contributed by atoms with Gasteiger partial charge in [-0.1, -0.05) is 0 Å². The van der Waals surface area contributed by atoms with Crippen molar-refractivity contribution in [3.63, 3.8) is 0 Å². The molecule has 0 atom stereocenters. The van der Waals surface area contributed by atoms with Gasteiger partial charge in [0.25, 0.3) is 5.91 Å². The van der Waals surface area contributed by atoms with Gasteiger partial charge < -0.3 is 9.80 Å². The zero-order chi connectivity index (χ0) is 12.8. The summed E-state index contributed by atoms with van der Waals surface area (Å²) < 4.78 is 0. The summed E-state index contributed by atoms with van der Waals surface area (Å²) in [5, 5.41) is 0. The van der Waals surface area contributed by atoms with E-state index in [4.69, 9.17) is 11.6 Å².